The normalized spacial score (nSPS) is 14.8. The summed E-state index contributed by atoms with van der Waals surface area (Å²) in [5.74, 6) is 0.442. The summed E-state index contributed by atoms with van der Waals surface area (Å²) in [5.41, 5.74) is 0. The van der Waals surface area contributed by atoms with Crippen molar-refractivity contribution in [3.8, 4) is 0 Å². The summed E-state index contributed by atoms with van der Waals surface area (Å²) >= 11 is 15.3. The molecule has 23 heteroatoms. The van der Waals surface area contributed by atoms with Gasteiger partial charge in [0.2, 0.25) is 0 Å². The molecular formula is C24H29F12N5S6. The molecule has 3 rings (SSSR count). The van der Waals surface area contributed by atoms with Crippen molar-refractivity contribution < 1.29 is 52.7 Å². The lowest BCUT2D eigenvalue weighted by atomic mass is 10.3. The van der Waals surface area contributed by atoms with Crippen LogP contribution in [0.2, 0.25) is 0 Å². The Bertz CT molecular complexity index is 1400. The van der Waals surface area contributed by atoms with Crippen molar-refractivity contribution in [2.45, 2.75) is 129 Å². The van der Waals surface area contributed by atoms with E-state index in [1.54, 1.807) is 10.0 Å². The van der Waals surface area contributed by atoms with E-state index in [-0.39, 0.29) is 61.4 Å². The molecule has 5 nitrogen and oxygen atoms in total. The van der Waals surface area contributed by atoms with Gasteiger partial charge in [0.05, 0.1) is 0 Å². The molecule has 0 atom stereocenters. The van der Waals surface area contributed by atoms with Crippen molar-refractivity contribution in [1.29, 1.82) is 0 Å². The molecule has 0 saturated heterocycles. The van der Waals surface area contributed by atoms with Crippen molar-refractivity contribution >= 4 is 72.0 Å². The molecule has 2 aromatic rings. The molecule has 0 spiro atoms. The second kappa shape index (κ2) is 16.6. The van der Waals surface area contributed by atoms with Crippen molar-refractivity contribution in [3.05, 3.63) is 9.54 Å². The van der Waals surface area contributed by atoms with Crippen LogP contribution in [0, 0.1) is 9.54 Å². The molecule has 270 valence electrons. The van der Waals surface area contributed by atoms with Crippen LogP contribution in [0.1, 0.15) is 58.3 Å². The fourth-order valence-corrected chi connectivity index (χ4v) is 10.3. The molecular weight excluding hydrogens is 779 g/mol. The Labute approximate surface area is 289 Å². The molecule has 0 N–H and O–H groups in total. The van der Waals surface area contributed by atoms with Crippen molar-refractivity contribution in [1.82, 2.24) is 21.4 Å². The minimum atomic E-state index is -4.46. The second-order valence-electron chi connectivity index (χ2n) is 10.2. The van der Waals surface area contributed by atoms with Gasteiger partial charge in [-0.05, 0) is 55.9 Å². The van der Waals surface area contributed by atoms with E-state index in [9.17, 15) is 52.7 Å². The molecule has 0 amide bonds. The summed E-state index contributed by atoms with van der Waals surface area (Å²) in [6, 6.07) is 0. The van der Waals surface area contributed by atoms with E-state index in [2.05, 4.69) is 0 Å². The van der Waals surface area contributed by atoms with Crippen LogP contribution in [0.3, 0.4) is 0 Å². The zero-order valence-electron chi connectivity index (χ0n) is 24.4. The third-order valence-electron chi connectivity index (χ3n) is 6.40. The Morgan fingerprint density at radius 1 is 0.532 bits per heavy atom. The van der Waals surface area contributed by atoms with Gasteiger partial charge in [0.15, 0.2) is 9.54 Å². The number of aromatic nitrogens is 4. The van der Waals surface area contributed by atoms with E-state index in [1.807, 2.05) is 0 Å². The number of fused-ring (bicyclic) bond motifs is 1. The van der Waals surface area contributed by atoms with Crippen LogP contribution in [-0.2, 0) is 26.2 Å². The van der Waals surface area contributed by atoms with Gasteiger partial charge < -0.3 is 18.3 Å². The number of halogens is 12. The maximum absolute atomic E-state index is 13.0. The van der Waals surface area contributed by atoms with Crippen molar-refractivity contribution in [3.63, 3.8) is 0 Å². The largest absolute Gasteiger partial charge is 0.389 e. The van der Waals surface area contributed by atoms with Gasteiger partial charge in [-0.15, -0.1) is 14.9 Å². The first-order valence-electron chi connectivity index (χ1n) is 14.0. The minimum Gasteiger partial charge on any atom is -0.311 e. The fraction of sp³-hybridized carbons (Fsp3) is 0.750. The number of hydrogen-bond acceptors (Lipinski definition) is 7. The smallest absolute Gasteiger partial charge is 0.311 e. The van der Waals surface area contributed by atoms with Gasteiger partial charge in [-0.2, -0.15) is 52.7 Å². The lowest BCUT2D eigenvalue weighted by Gasteiger charge is -2.17. The highest BCUT2D eigenvalue weighted by Crippen LogP contribution is 2.54. The SMILES string of the molecule is CCSc1c(SN2Sc3c(n(CCCC(F)(F)F)c(=S)n3CCCC(F)(F)F)S2)n(CCCC(F)(F)F)c(=S)n1CCCC(F)(F)F. The van der Waals surface area contributed by atoms with Crippen LogP contribution in [-0.4, -0.2) is 51.8 Å². The Morgan fingerprint density at radius 2 is 0.851 bits per heavy atom. The van der Waals surface area contributed by atoms with E-state index in [1.165, 1.54) is 30.0 Å². The maximum Gasteiger partial charge on any atom is 0.389 e. The fourth-order valence-electron chi connectivity index (χ4n) is 4.45. The number of alkyl halides is 12. The summed E-state index contributed by atoms with van der Waals surface area (Å²) in [4.78, 5) is 0. The van der Waals surface area contributed by atoms with Crippen molar-refractivity contribution in [2.75, 3.05) is 5.75 Å². The standard InChI is InChI=1S/C24H29F12N5S6/c1-2-44-15-16(38(12-4-8-22(28,29)30)19(42)37(15)11-3-7-21(25,26)27)45-41-46-17-18(47-41)40(14-6-10-24(34,35)36)20(43)39(17)13-5-9-23(31,32)33/h2-14H2,1H3. The zero-order valence-corrected chi connectivity index (χ0v) is 29.3. The van der Waals surface area contributed by atoms with Gasteiger partial charge in [-0.25, -0.2) is 0 Å². The van der Waals surface area contributed by atoms with Crippen LogP contribution < -0.4 is 0 Å². The van der Waals surface area contributed by atoms with Gasteiger partial charge in [0.1, 0.15) is 20.1 Å². The van der Waals surface area contributed by atoms with E-state index in [4.69, 9.17) is 24.4 Å². The van der Waals surface area contributed by atoms with Crippen LogP contribution in [0.25, 0.3) is 0 Å². The highest BCUT2D eigenvalue weighted by molar-refractivity contribution is 8.27. The number of hydrogen-bond donors (Lipinski definition) is 0. The quantitative estimate of drug-likeness (QED) is 0.0720. The maximum atomic E-state index is 13.0. The molecule has 1 aliphatic rings. The second-order valence-corrected chi connectivity index (χ2v) is 15.7. The van der Waals surface area contributed by atoms with E-state index >= 15 is 0 Å². The van der Waals surface area contributed by atoms with Gasteiger partial charge in [0, 0.05) is 87.7 Å². The number of imidazole rings is 2. The third-order valence-corrected chi connectivity index (χ3v) is 12.1. The summed E-state index contributed by atoms with van der Waals surface area (Å²) in [7, 11) is 0. The number of rotatable bonds is 16. The molecule has 47 heavy (non-hydrogen) atoms. The minimum absolute atomic E-state index is 0.0335. The highest BCUT2D eigenvalue weighted by Gasteiger charge is 2.35. The van der Waals surface area contributed by atoms with Gasteiger partial charge in [0.25, 0.3) is 0 Å². The molecule has 0 radical (unpaired) electrons. The van der Waals surface area contributed by atoms with Crippen LogP contribution in [0.4, 0.5) is 52.7 Å². The number of thioether (sulfide) groups is 1. The lowest BCUT2D eigenvalue weighted by molar-refractivity contribution is -0.137. The molecule has 3 heterocycles. The Balaban J connectivity index is 1.97. The molecule has 0 aliphatic carbocycles. The van der Waals surface area contributed by atoms with Gasteiger partial charge in [-0.1, -0.05) is 6.92 Å². The first-order valence-corrected chi connectivity index (χ1v) is 18.1. The van der Waals surface area contributed by atoms with Crippen LogP contribution >= 0.6 is 72.0 Å². The summed E-state index contributed by atoms with van der Waals surface area (Å²) in [6.45, 7) is 1.09. The highest BCUT2D eigenvalue weighted by atomic mass is 32.3. The molecule has 0 fully saturated rings. The summed E-state index contributed by atoms with van der Waals surface area (Å²) in [5, 5.41) is 1.56. The Kier molecular flexibility index (Phi) is 14.4. The number of nitrogens with zero attached hydrogens (tertiary/aromatic N) is 5. The Hall–Kier alpha value is -0.620. The third kappa shape index (κ3) is 12.6. The Morgan fingerprint density at radius 3 is 1.19 bits per heavy atom. The predicted molar refractivity (Wildman–Crippen MR) is 163 cm³/mol. The summed E-state index contributed by atoms with van der Waals surface area (Å²) in [6.07, 6.45) is -23.6. The summed E-state index contributed by atoms with van der Waals surface area (Å²) < 4.78 is 162. The van der Waals surface area contributed by atoms with E-state index in [0.29, 0.717) is 25.9 Å². The molecule has 0 saturated carbocycles. The molecule has 1 aliphatic heterocycles. The van der Waals surface area contributed by atoms with Gasteiger partial charge in [-0.3, -0.25) is 0 Å². The average molecular weight is 808 g/mol. The predicted octanol–water partition coefficient (Wildman–Crippen LogP) is 11.9. The average Bonchev–Trinajstić information content (AvgIpc) is 3.49. The molecule has 2 aromatic heterocycles. The first kappa shape index (κ1) is 40.8. The van der Waals surface area contributed by atoms with E-state index < -0.39 is 50.4 Å². The lowest BCUT2D eigenvalue weighted by Crippen LogP contribution is -2.12. The topological polar surface area (TPSA) is 23.0 Å². The van der Waals surface area contributed by atoms with Crippen LogP contribution in [0.15, 0.2) is 20.1 Å². The first-order chi connectivity index (χ1) is 21.6. The molecule has 0 unspecified atom stereocenters. The van der Waals surface area contributed by atoms with Crippen LogP contribution in [0.5, 0.6) is 0 Å². The monoisotopic (exact) mass is 807 g/mol. The molecule has 0 aromatic carbocycles. The molecule has 0 bridgehead atoms. The van der Waals surface area contributed by atoms with Crippen molar-refractivity contribution in [2.24, 2.45) is 0 Å². The zero-order chi connectivity index (χ0) is 35.4. The van der Waals surface area contributed by atoms with E-state index in [0.717, 1.165) is 35.8 Å². The van der Waals surface area contributed by atoms with Gasteiger partial charge >= 0.3 is 24.7 Å².